The predicted octanol–water partition coefficient (Wildman–Crippen LogP) is 3.01. The lowest BCUT2D eigenvalue weighted by Gasteiger charge is -2.19. The van der Waals surface area contributed by atoms with Crippen molar-refractivity contribution in [3.05, 3.63) is 21.3 Å². The number of hydrogen-bond acceptors (Lipinski definition) is 3. The van der Waals surface area contributed by atoms with Crippen molar-refractivity contribution in [2.24, 2.45) is 5.73 Å². The van der Waals surface area contributed by atoms with Gasteiger partial charge in [0.2, 0.25) is 0 Å². The van der Waals surface area contributed by atoms with Gasteiger partial charge in [-0.3, -0.25) is 0 Å². The Labute approximate surface area is 112 Å². The van der Waals surface area contributed by atoms with Crippen LogP contribution in [0.3, 0.4) is 0 Å². The summed E-state index contributed by atoms with van der Waals surface area (Å²) < 4.78 is 0. The van der Waals surface area contributed by atoms with Crippen LogP contribution in [0.25, 0.3) is 0 Å². The molecule has 5 heteroatoms. The van der Waals surface area contributed by atoms with Gasteiger partial charge in [0.05, 0.1) is 5.02 Å². The predicted molar refractivity (Wildman–Crippen MR) is 74.0 cm³/mol. The first-order chi connectivity index (χ1) is 7.16. The Bertz CT molecular complexity index is 326. The molecule has 1 aliphatic carbocycles. The molecule has 0 amide bonds. The van der Waals surface area contributed by atoms with Gasteiger partial charge in [-0.15, -0.1) is 23.7 Å². The summed E-state index contributed by atoms with van der Waals surface area (Å²) in [6.45, 7) is 3.07. The average Bonchev–Trinajstić information content (AvgIpc) is 2.95. The lowest BCUT2D eigenvalue weighted by atomic mass is 10.0. The van der Waals surface area contributed by atoms with E-state index in [2.05, 4.69) is 12.2 Å². The molecule has 92 valence electrons. The van der Waals surface area contributed by atoms with Gasteiger partial charge in [0.1, 0.15) is 0 Å². The van der Waals surface area contributed by atoms with Gasteiger partial charge in [0.15, 0.2) is 0 Å². The first kappa shape index (κ1) is 14.3. The quantitative estimate of drug-likeness (QED) is 0.870. The lowest BCUT2D eigenvalue weighted by Crippen LogP contribution is -2.38. The molecule has 1 aliphatic rings. The third-order valence-electron chi connectivity index (χ3n) is 2.90. The first-order valence-corrected chi connectivity index (χ1v) is 6.65. The molecule has 2 atom stereocenters. The van der Waals surface area contributed by atoms with Crippen molar-refractivity contribution in [1.82, 2.24) is 5.32 Å². The van der Waals surface area contributed by atoms with Crippen LogP contribution in [0.15, 0.2) is 11.4 Å². The molecular weight excluding hydrogens is 263 g/mol. The summed E-state index contributed by atoms with van der Waals surface area (Å²) in [5.41, 5.74) is 6.14. The molecule has 0 saturated heterocycles. The van der Waals surface area contributed by atoms with Crippen LogP contribution >= 0.6 is 35.3 Å². The van der Waals surface area contributed by atoms with E-state index in [0.29, 0.717) is 5.92 Å². The fourth-order valence-corrected chi connectivity index (χ4v) is 2.76. The van der Waals surface area contributed by atoms with E-state index in [1.807, 2.05) is 11.4 Å². The fourth-order valence-electron chi connectivity index (χ4n) is 1.55. The van der Waals surface area contributed by atoms with Crippen molar-refractivity contribution in [1.29, 1.82) is 0 Å². The van der Waals surface area contributed by atoms with Gasteiger partial charge in [-0.1, -0.05) is 18.5 Å². The third-order valence-corrected chi connectivity index (χ3v) is 4.38. The van der Waals surface area contributed by atoms with Crippen molar-refractivity contribution in [3.8, 4) is 0 Å². The molecule has 0 aromatic carbocycles. The van der Waals surface area contributed by atoms with Crippen molar-refractivity contribution in [2.45, 2.75) is 37.8 Å². The Balaban J connectivity index is 0.00000128. The Morgan fingerprint density at radius 1 is 1.62 bits per heavy atom. The smallest absolute Gasteiger partial charge is 0.0515 e. The minimum atomic E-state index is 0. The van der Waals surface area contributed by atoms with Gasteiger partial charge in [-0.05, 0) is 18.9 Å². The van der Waals surface area contributed by atoms with Gasteiger partial charge in [0, 0.05) is 34.8 Å². The normalized spacial score (nSPS) is 18.9. The summed E-state index contributed by atoms with van der Waals surface area (Å²) in [6, 6.07) is 2.93. The Morgan fingerprint density at radius 3 is 2.81 bits per heavy atom. The number of rotatable bonds is 5. The molecule has 1 saturated carbocycles. The summed E-state index contributed by atoms with van der Waals surface area (Å²) in [7, 11) is 0. The maximum absolute atomic E-state index is 6.14. The van der Waals surface area contributed by atoms with E-state index >= 15 is 0 Å². The van der Waals surface area contributed by atoms with Crippen molar-refractivity contribution < 1.29 is 0 Å². The minimum Gasteiger partial charge on any atom is -0.326 e. The second-order valence-corrected chi connectivity index (χ2v) is 5.68. The number of hydrogen-bond donors (Lipinski definition) is 2. The molecule has 16 heavy (non-hydrogen) atoms. The zero-order valence-corrected chi connectivity index (χ0v) is 11.7. The summed E-state index contributed by atoms with van der Waals surface area (Å²) in [5.74, 6) is 0.383. The van der Waals surface area contributed by atoms with E-state index < -0.39 is 0 Å². The van der Waals surface area contributed by atoms with Crippen LogP contribution in [0.2, 0.25) is 5.02 Å². The summed E-state index contributed by atoms with van der Waals surface area (Å²) in [5, 5.41) is 6.25. The monoisotopic (exact) mass is 280 g/mol. The van der Waals surface area contributed by atoms with E-state index in [9.17, 15) is 0 Å². The molecule has 0 aliphatic heterocycles. The molecule has 2 nitrogen and oxygen atoms in total. The molecule has 1 fully saturated rings. The van der Waals surface area contributed by atoms with E-state index in [0.717, 1.165) is 17.6 Å². The van der Waals surface area contributed by atoms with Crippen LogP contribution in [-0.2, 0) is 0 Å². The number of nitrogens with two attached hydrogens (primary N) is 1. The second kappa shape index (κ2) is 6.22. The fraction of sp³-hybridized carbons (Fsp3) is 0.636. The average molecular weight is 281 g/mol. The molecule has 1 aromatic rings. The summed E-state index contributed by atoms with van der Waals surface area (Å²) in [4.78, 5) is 1.28. The van der Waals surface area contributed by atoms with Crippen molar-refractivity contribution in [2.75, 3.05) is 6.54 Å². The lowest BCUT2D eigenvalue weighted by molar-refractivity contribution is 0.516. The molecule has 1 heterocycles. The maximum Gasteiger partial charge on any atom is 0.0515 e. The zero-order chi connectivity index (χ0) is 10.8. The number of nitrogens with one attached hydrogen (secondary N) is 1. The Morgan fingerprint density at radius 2 is 2.31 bits per heavy atom. The summed E-state index contributed by atoms with van der Waals surface area (Å²) >= 11 is 7.60. The first-order valence-electron chi connectivity index (χ1n) is 5.39. The topological polar surface area (TPSA) is 38.0 Å². The van der Waals surface area contributed by atoms with Crippen LogP contribution in [0, 0.1) is 0 Å². The second-order valence-electron chi connectivity index (χ2n) is 4.30. The minimum absolute atomic E-state index is 0. The highest BCUT2D eigenvalue weighted by Crippen LogP contribution is 2.28. The highest BCUT2D eigenvalue weighted by atomic mass is 35.5. The van der Waals surface area contributed by atoms with Gasteiger partial charge in [-0.25, -0.2) is 0 Å². The number of thiophene rings is 1. The molecule has 0 bridgehead atoms. The molecule has 3 N–H and O–H groups in total. The van der Waals surface area contributed by atoms with Crippen LogP contribution in [-0.4, -0.2) is 18.6 Å². The van der Waals surface area contributed by atoms with Crippen molar-refractivity contribution in [3.63, 3.8) is 0 Å². The molecular formula is C11H18Cl2N2S. The number of halogens is 2. The zero-order valence-electron chi connectivity index (χ0n) is 9.28. The SMILES string of the molecule is CC(c1cc(Cl)cs1)C(N)CNC1CC1.Cl. The van der Waals surface area contributed by atoms with Gasteiger partial charge in [-0.2, -0.15) is 0 Å². The highest BCUT2D eigenvalue weighted by molar-refractivity contribution is 7.10. The van der Waals surface area contributed by atoms with Crippen LogP contribution in [0.5, 0.6) is 0 Å². The van der Waals surface area contributed by atoms with Gasteiger partial charge < -0.3 is 11.1 Å². The van der Waals surface area contributed by atoms with E-state index in [-0.39, 0.29) is 18.4 Å². The van der Waals surface area contributed by atoms with Gasteiger partial charge >= 0.3 is 0 Å². The summed E-state index contributed by atoms with van der Waals surface area (Å²) in [6.07, 6.45) is 2.62. The molecule has 0 spiro atoms. The maximum atomic E-state index is 6.14. The van der Waals surface area contributed by atoms with Crippen LogP contribution in [0.1, 0.15) is 30.6 Å². The molecule has 2 unspecified atom stereocenters. The largest absolute Gasteiger partial charge is 0.326 e. The van der Waals surface area contributed by atoms with Crippen LogP contribution < -0.4 is 11.1 Å². The Hall–Kier alpha value is 0.200. The van der Waals surface area contributed by atoms with Crippen molar-refractivity contribution >= 4 is 35.3 Å². The van der Waals surface area contributed by atoms with E-state index in [1.165, 1.54) is 17.7 Å². The molecule has 0 radical (unpaired) electrons. The highest BCUT2D eigenvalue weighted by Gasteiger charge is 2.23. The molecule has 2 rings (SSSR count). The van der Waals surface area contributed by atoms with E-state index in [1.54, 1.807) is 11.3 Å². The Kier molecular flexibility index (Phi) is 5.54. The third kappa shape index (κ3) is 3.90. The van der Waals surface area contributed by atoms with E-state index in [4.69, 9.17) is 17.3 Å². The standard InChI is InChI=1S/C11H17ClN2S.ClH/c1-7(11-4-8(12)6-15-11)10(13)5-14-9-2-3-9;/h4,6-7,9-10,14H,2-3,5,13H2,1H3;1H. The van der Waals surface area contributed by atoms with Crippen LogP contribution in [0.4, 0.5) is 0 Å². The van der Waals surface area contributed by atoms with Gasteiger partial charge in [0.25, 0.3) is 0 Å². The molecule has 1 aromatic heterocycles.